The van der Waals surface area contributed by atoms with E-state index >= 15 is 0 Å². The van der Waals surface area contributed by atoms with Crippen molar-refractivity contribution in [2.45, 2.75) is 85.0 Å². The van der Waals surface area contributed by atoms with Crippen LogP contribution in [-0.2, 0) is 10.8 Å². The summed E-state index contributed by atoms with van der Waals surface area (Å²) in [7, 11) is 0. The van der Waals surface area contributed by atoms with Crippen LogP contribution in [0.4, 0.5) is 0 Å². The Labute approximate surface area is 192 Å². The number of benzene rings is 2. The number of rotatable bonds is 5. The molecule has 0 aliphatic heterocycles. The minimum absolute atomic E-state index is 0.0400. The van der Waals surface area contributed by atoms with Crippen molar-refractivity contribution >= 4 is 0 Å². The van der Waals surface area contributed by atoms with Gasteiger partial charge in [0.2, 0.25) is 0 Å². The fourth-order valence-corrected chi connectivity index (χ4v) is 5.54. The Morgan fingerprint density at radius 2 is 1.22 bits per heavy atom. The zero-order valence-electron chi connectivity index (χ0n) is 20.4. The lowest BCUT2D eigenvalue weighted by Crippen LogP contribution is -2.37. The topological polar surface area (TPSA) is 66.0 Å². The molecule has 4 heteroatoms. The maximum absolute atomic E-state index is 8.93. The van der Waals surface area contributed by atoms with Gasteiger partial charge in [0.05, 0.1) is 0 Å². The zero-order valence-corrected chi connectivity index (χ0v) is 20.4. The van der Waals surface area contributed by atoms with Crippen molar-refractivity contribution in [3.63, 3.8) is 0 Å². The van der Waals surface area contributed by atoms with Crippen LogP contribution in [0, 0.1) is 56.6 Å². The number of ether oxygens (including phenoxy) is 2. The minimum Gasteiger partial charge on any atom is -0.387 e. The largest absolute Gasteiger partial charge is 0.387 e. The molecule has 3 rings (SSSR count). The summed E-state index contributed by atoms with van der Waals surface area (Å²) in [6, 6.07) is 8.78. The minimum atomic E-state index is 0.0400. The molecule has 168 valence electrons. The van der Waals surface area contributed by atoms with Gasteiger partial charge in [0.1, 0.15) is 11.5 Å². The van der Waals surface area contributed by atoms with Crippen LogP contribution in [0.25, 0.3) is 0 Å². The van der Waals surface area contributed by atoms with Gasteiger partial charge in [-0.05, 0) is 104 Å². The molecule has 0 spiro atoms. The van der Waals surface area contributed by atoms with E-state index in [4.69, 9.17) is 20.0 Å². The van der Waals surface area contributed by atoms with Crippen molar-refractivity contribution in [1.82, 2.24) is 0 Å². The first-order chi connectivity index (χ1) is 15.0. The quantitative estimate of drug-likeness (QED) is 0.476. The van der Waals surface area contributed by atoms with Crippen LogP contribution < -0.4 is 9.47 Å². The lowest BCUT2D eigenvalue weighted by Gasteiger charge is -2.44. The first-order valence-electron chi connectivity index (χ1n) is 11.4. The molecule has 0 heterocycles. The summed E-state index contributed by atoms with van der Waals surface area (Å²) in [6.45, 7) is 15.1. The molecule has 0 aromatic heterocycles. The molecule has 32 heavy (non-hydrogen) atoms. The van der Waals surface area contributed by atoms with Crippen LogP contribution >= 0.6 is 0 Å². The molecule has 0 bridgehead atoms. The Kier molecular flexibility index (Phi) is 6.56. The van der Waals surface area contributed by atoms with Gasteiger partial charge in [0.25, 0.3) is 12.5 Å². The lowest BCUT2D eigenvalue weighted by atomic mass is 9.60. The van der Waals surface area contributed by atoms with E-state index in [9.17, 15) is 0 Å². The van der Waals surface area contributed by atoms with Crippen LogP contribution in [0.15, 0.2) is 24.3 Å². The summed E-state index contributed by atoms with van der Waals surface area (Å²) in [5.41, 5.74) is 6.91. The Balaban J connectivity index is 1.82. The third kappa shape index (κ3) is 4.33. The predicted molar refractivity (Wildman–Crippen MR) is 127 cm³/mol. The first-order valence-corrected chi connectivity index (χ1v) is 11.4. The Morgan fingerprint density at radius 3 is 1.62 bits per heavy atom. The standard InChI is InChI=1S/C28H34N2O2/c1-18-12-23(13-19(2)25(18)31-16-29)27(5,6)22-8-10-28(7,11-9-22)24-14-20(3)26(32-17-30)21(4)15-24/h12-15,22H,8-11H2,1-7H3. The average molecular weight is 431 g/mol. The van der Waals surface area contributed by atoms with E-state index in [0.29, 0.717) is 17.4 Å². The molecule has 1 fully saturated rings. The Hall–Kier alpha value is -2.98. The van der Waals surface area contributed by atoms with Crippen molar-refractivity contribution in [3.05, 3.63) is 57.6 Å². The van der Waals surface area contributed by atoms with Gasteiger partial charge in [0.15, 0.2) is 0 Å². The smallest absolute Gasteiger partial charge is 0.292 e. The molecular weight excluding hydrogens is 396 g/mol. The second-order valence-corrected chi connectivity index (χ2v) is 10.3. The predicted octanol–water partition coefficient (Wildman–Crippen LogP) is 7.07. The highest BCUT2D eigenvalue weighted by Crippen LogP contribution is 2.49. The van der Waals surface area contributed by atoms with Gasteiger partial charge in [-0.25, -0.2) is 0 Å². The maximum atomic E-state index is 8.93. The second kappa shape index (κ2) is 8.87. The molecule has 1 aliphatic rings. The van der Waals surface area contributed by atoms with Crippen LogP contribution in [0.3, 0.4) is 0 Å². The van der Waals surface area contributed by atoms with Crippen LogP contribution in [0.2, 0.25) is 0 Å². The SMILES string of the molecule is Cc1cc(C2(C)CCC(C(C)(C)c3cc(C)c(OC#N)c(C)c3)CC2)cc(C)c1OC#N. The fraction of sp³-hybridized carbons (Fsp3) is 0.500. The van der Waals surface area contributed by atoms with Crippen molar-refractivity contribution in [2.24, 2.45) is 5.92 Å². The Bertz CT molecular complexity index is 1050. The van der Waals surface area contributed by atoms with E-state index < -0.39 is 0 Å². The summed E-state index contributed by atoms with van der Waals surface area (Å²) in [4.78, 5) is 0. The number of nitriles is 2. The van der Waals surface area contributed by atoms with Crippen molar-refractivity contribution in [2.75, 3.05) is 0 Å². The maximum Gasteiger partial charge on any atom is 0.292 e. The number of aryl methyl sites for hydroxylation is 4. The molecule has 1 aliphatic carbocycles. The third-order valence-corrected chi connectivity index (χ3v) is 7.77. The van der Waals surface area contributed by atoms with Crippen LogP contribution in [0.1, 0.15) is 79.8 Å². The highest BCUT2D eigenvalue weighted by Gasteiger charge is 2.40. The number of hydrogen-bond acceptors (Lipinski definition) is 4. The van der Waals surface area contributed by atoms with Gasteiger partial charge < -0.3 is 9.47 Å². The van der Waals surface area contributed by atoms with Gasteiger partial charge >= 0.3 is 0 Å². The summed E-state index contributed by atoms with van der Waals surface area (Å²) in [5, 5.41) is 17.8. The van der Waals surface area contributed by atoms with Crippen LogP contribution in [-0.4, -0.2) is 0 Å². The van der Waals surface area contributed by atoms with Crippen molar-refractivity contribution in [3.8, 4) is 24.0 Å². The van der Waals surface area contributed by atoms with Gasteiger partial charge in [-0.3, -0.25) is 0 Å². The van der Waals surface area contributed by atoms with E-state index in [1.807, 2.05) is 27.7 Å². The molecule has 0 amide bonds. The van der Waals surface area contributed by atoms with Gasteiger partial charge in [-0.2, -0.15) is 0 Å². The van der Waals surface area contributed by atoms with Gasteiger partial charge in [0, 0.05) is 0 Å². The monoisotopic (exact) mass is 430 g/mol. The molecular formula is C28H34N2O2. The molecule has 2 aromatic rings. The Morgan fingerprint density at radius 1 is 0.812 bits per heavy atom. The molecule has 0 atom stereocenters. The average Bonchev–Trinajstić information content (AvgIpc) is 2.73. The normalized spacial score (nSPS) is 20.8. The fourth-order valence-electron chi connectivity index (χ4n) is 5.54. The van der Waals surface area contributed by atoms with Crippen LogP contribution in [0.5, 0.6) is 11.5 Å². The molecule has 1 saturated carbocycles. The zero-order chi connectivity index (χ0) is 23.7. The number of hydrogen-bond donors (Lipinski definition) is 0. The van der Waals surface area contributed by atoms with E-state index in [1.54, 1.807) is 12.5 Å². The number of nitrogens with zero attached hydrogens (tertiary/aromatic N) is 2. The lowest BCUT2D eigenvalue weighted by molar-refractivity contribution is 0.178. The second-order valence-electron chi connectivity index (χ2n) is 10.3. The van der Waals surface area contributed by atoms with E-state index in [-0.39, 0.29) is 10.8 Å². The summed E-state index contributed by atoms with van der Waals surface area (Å²) in [6.07, 6.45) is 8.19. The summed E-state index contributed by atoms with van der Waals surface area (Å²) in [5.74, 6) is 1.95. The molecule has 2 aromatic carbocycles. The summed E-state index contributed by atoms with van der Waals surface area (Å²) >= 11 is 0. The first kappa shape index (κ1) is 23.7. The molecule has 0 N–H and O–H groups in total. The van der Waals surface area contributed by atoms with E-state index in [2.05, 4.69) is 45.0 Å². The third-order valence-electron chi connectivity index (χ3n) is 7.77. The van der Waals surface area contributed by atoms with E-state index in [1.165, 1.54) is 11.1 Å². The van der Waals surface area contributed by atoms with Gasteiger partial charge in [-0.15, -0.1) is 10.5 Å². The molecule has 0 saturated heterocycles. The van der Waals surface area contributed by atoms with Crippen molar-refractivity contribution < 1.29 is 9.47 Å². The highest BCUT2D eigenvalue weighted by atomic mass is 16.5. The van der Waals surface area contributed by atoms with E-state index in [0.717, 1.165) is 47.9 Å². The molecule has 4 nitrogen and oxygen atoms in total. The summed E-state index contributed by atoms with van der Waals surface area (Å²) < 4.78 is 10.4. The highest BCUT2D eigenvalue weighted by molar-refractivity contribution is 5.47. The molecule has 0 unspecified atom stereocenters. The molecule has 0 radical (unpaired) electrons. The van der Waals surface area contributed by atoms with Gasteiger partial charge in [-0.1, -0.05) is 45.0 Å². The van der Waals surface area contributed by atoms with Crippen molar-refractivity contribution in [1.29, 1.82) is 10.5 Å².